The molecule has 1 fully saturated rings. The van der Waals surface area contributed by atoms with E-state index in [2.05, 4.69) is 20.3 Å². The zero-order chi connectivity index (χ0) is 24.4. The van der Waals surface area contributed by atoms with Gasteiger partial charge in [-0.25, -0.2) is 15.0 Å². The van der Waals surface area contributed by atoms with Crippen molar-refractivity contribution in [2.45, 2.75) is 51.3 Å². The topological polar surface area (TPSA) is 85.1 Å². The van der Waals surface area contributed by atoms with Crippen molar-refractivity contribution in [2.24, 2.45) is 0 Å². The highest BCUT2D eigenvalue weighted by Crippen LogP contribution is 2.32. The van der Waals surface area contributed by atoms with Gasteiger partial charge >= 0.3 is 6.61 Å². The molecule has 182 valence electrons. The molecule has 2 aromatic heterocycles. The summed E-state index contributed by atoms with van der Waals surface area (Å²) in [6, 6.07) is 12.7. The standard InChI is InChI=1S/C26H27F2N5O2/c1-17-31-21-9-8-18(20-13-29-25(30-14-20)32-26(16-34)10-4-5-11-26)12-22(21)33(17)15-19-6-2-3-7-23(19)35-24(27)28/h2-3,6-9,12-14,24,34H,4-5,10-11,15-16H2,1H3,(H,29,30,32). The van der Waals surface area contributed by atoms with Crippen LogP contribution in [0.5, 0.6) is 5.75 Å². The molecule has 2 heterocycles. The molecular formula is C26H27F2N5O2. The second-order valence-corrected chi connectivity index (χ2v) is 9.00. The molecule has 0 bridgehead atoms. The molecule has 1 saturated carbocycles. The van der Waals surface area contributed by atoms with Gasteiger partial charge in [-0.05, 0) is 43.5 Å². The number of ether oxygens (including phenoxy) is 1. The molecule has 9 heteroatoms. The summed E-state index contributed by atoms with van der Waals surface area (Å²) in [5.41, 5.74) is 3.75. The Hall–Kier alpha value is -3.59. The van der Waals surface area contributed by atoms with Gasteiger partial charge < -0.3 is 19.7 Å². The molecule has 4 aromatic rings. The number of rotatable bonds is 8. The molecule has 1 aliphatic carbocycles. The second-order valence-electron chi connectivity index (χ2n) is 9.00. The SMILES string of the molecule is Cc1nc2ccc(-c3cnc(NC4(CO)CCCC4)nc3)cc2n1Cc1ccccc1OC(F)F. The number of aryl methyl sites for hydroxylation is 1. The predicted molar refractivity (Wildman–Crippen MR) is 130 cm³/mol. The Kier molecular flexibility index (Phi) is 6.34. The first kappa shape index (κ1) is 23.2. The molecule has 0 spiro atoms. The Bertz CT molecular complexity index is 1320. The maximum atomic E-state index is 12.9. The minimum atomic E-state index is -2.89. The summed E-state index contributed by atoms with van der Waals surface area (Å²) in [4.78, 5) is 13.6. The molecular weight excluding hydrogens is 452 g/mol. The van der Waals surface area contributed by atoms with Crippen LogP contribution in [-0.2, 0) is 6.54 Å². The second kappa shape index (κ2) is 9.58. The Morgan fingerprint density at radius 3 is 2.54 bits per heavy atom. The monoisotopic (exact) mass is 479 g/mol. The van der Waals surface area contributed by atoms with Gasteiger partial charge in [-0.3, -0.25) is 0 Å². The molecule has 1 aliphatic rings. The van der Waals surface area contributed by atoms with Crippen molar-refractivity contribution in [2.75, 3.05) is 11.9 Å². The van der Waals surface area contributed by atoms with E-state index in [1.807, 2.05) is 29.7 Å². The number of hydrogen-bond acceptors (Lipinski definition) is 6. The number of benzene rings is 2. The number of para-hydroxylation sites is 1. The minimum Gasteiger partial charge on any atom is -0.434 e. The van der Waals surface area contributed by atoms with Crippen LogP contribution in [0.15, 0.2) is 54.9 Å². The van der Waals surface area contributed by atoms with Crippen LogP contribution in [0.25, 0.3) is 22.2 Å². The van der Waals surface area contributed by atoms with E-state index >= 15 is 0 Å². The molecule has 35 heavy (non-hydrogen) atoms. The number of anilines is 1. The number of aliphatic hydroxyl groups excluding tert-OH is 1. The van der Waals surface area contributed by atoms with Crippen LogP contribution in [0.2, 0.25) is 0 Å². The van der Waals surface area contributed by atoms with Crippen LogP contribution < -0.4 is 10.1 Å². The van der Waals surface area contributed by atoms with Gasteiger partial charge in [-0.15, -0.1) is 0 Å². The van der Waals surface area contributed by atoms with Crippen LogP contribution in [0, 0.1) is 6.92 Å². The number of aromatic nitrogens is 4. The van der Waals surface area contributed by atoms with Gasteiger partial charge in [-0.2, -0.15) is 8.78 Å². The third-order valence-corrected chi connectivity index (χ3v) is 6.68. The number of halogens is 2. The summed E-state index contributed by atoms with van der Waals surface area (Å²) >= 11 is 0. The Morgan fingerprint density at radius 1 is 1.09 bits per heavy atom. The molecule has 0 unspecified atom stereocenters. The molecule has 0 aliphatic heterocycles. The molecule has 7 nitrogen and oxygen atoms in total. The maximum absolute atomic E-state index is 12.9. The Balaban J connectivity index is 1.43. The van der Waals surface area contributed by atoms with Gasteiger partial charge in [-0.1, -0.05) is 37.1 Å². The van der Waals surface area contributed by atoms with E-state index in [4.69, 9.17) is 4.74 Å². The summed E-state index contributed by atoms with van der Waals surface area (Å²) in [6.07, 6.45) is 7.49. The van der Waals surface area contributed by atoms with Crippen molar-refractivity contribution in [1.29, 1.82) is 0 Å². The fraction of sp³-hybridized carbons (Fsp3) is 0.346. The Labute approximate surface area is 201 Å². The first-order valence-electron chi connectivity index (χ1n) is 11.7. The van der Waals surface area contributed by atoms with Crippen molar-refractivity contribution in [3.63, 3.8) is 0 Å². The third kappa shape index (κ3) is 4.81. The highest BCUT2D eigenvalue weighted by Gasteiger charge is 2.33. The van der Waals surface area contributed by atoms with Gasteiger partial charge in [0.1, 0.15) is 11.6 Å². The van der Waals surface area contributed by atoms with Crippen LogP contribution in [-0.4, -0.2) is 43.4 Å². The lowest BCUT2D eigenvalue weighted by molar-refractivity contribution is -0.0504. The van der Waals surface area contributed by atoms with E-state index in [1.165, 1.54) is 0 Å². The number of alkyl halides is 2. The van der Waals surface area contributed by atoms with E-state index in [-0.39, 0.29) is 17.9 Å². The summed E-state index contributed by atoms with van der Waals surface area (Å²) in [7, 11) is 0. The summed E-state index contributed by atoms with van der Waals surface area (Å²) in [5.74, 6) is 1.42. The van der Waals surface area contributed by atoms with Crippen LogP contribution in [0.1, 0.15) is 37.1 Å². The summed E-state index contributed by atoms with van der Waals surface area (Å²) in [6.45, 7) is -0.595. The first-order chi connectivity index (χ1) is 17.0. The lowest BCUT2D eigenvalue weighted by Crippen LogP contribution is -2.39. The molecule has 0 atom stereocenters. The molecule has 0 saturated heterocycles. The highest BCUT2D eigenvalue weighted by atomic mass is 19.3. The van der Waals surface area contributed by atoms with Gasteiger partial charge in [0.25, 0.3) is 0 Å². The minimum absolute atomic E-state index is 0.0591. The third-order valence-electron chi connectivity index (χ3n) is 6.68. The molecule has 0 radical (unpaired) electrons. The number of hydrogen-bond donors (Lipinski definition) is 2. The van der Waals surface area contributed by atoms with E-state index < -0.39 is 6.61 Å². The fourth-order valence-electron chi connectivity index (χ4n) is 4.79. The number of nitrogens with one attached hydrogen (secondary N) is 1. The van der Waals surface area contributed by atoms with Gasteiger partial charge in [0.15, 0.2) is 0 Å². The van der Waals surface area contributed by atoms with E-state index in [1.54, 1.807) is 36.7 Å². The van der Waals surface area contributed by atoms with Crippen molar-refractivity contribution < 1.29 is 18.6 Å². The zero-order valence-electron chi connectivity index (χ0n) is 19.4. The van der Waals surface area contributed by atoms with Crippen LogP contribution in [0.3, 0.4) is 0 Å². The molecule has 2 N–H and O–H groups in total. The zero-order valence-corrected chi connectivity index (χ0v) is 19.4. The Morgan fingerprint density at radius 2 is 1.83 bits per heavy atom. The van der Waals surface area contributed by atoms with Crippen molar-refractivity contribution in [1.82, 2.24) is 19.5 Å². The predicted octanol–water partition coefficient (Wildman–Crippen LogP) is 5.17. The number of fused-ring (bicyclic) bond motifs is 1. The molecule has 2 aromatic carbocycles. The average molecular weight is 480 g/mol. The quantitative estimate of drug-likeness (QED) is 0.363. The number of nitrogens with zero attached hydrogens (tertiary/aromatic N) is 4. The number of imidazole rings is 1. The first-order valence-corrected chi connectivity index (χ1v) is 11.7. The fourth-order valence-corrected chi connectivity index (χ4v) is 4.79. The van der Waals surface area contributed by atoms with E-state index in [9.17, 15) is 13.9 Å². The van der Waals surface area contributed by atoms with Gasteiger partial charge in [0, 0.05) is 23.5 Å². The lowest BCUT2D eigenvalue weighted by Gasteiger charge is -2.27. The van der Waals surface area contributed by atoms with E-state index in [0.29, 0.717) is 18.1 Å². The highest BCUT2D eigenvalue weighted by molar-refractivity contribution is 5.82. The van der Waals surface area contributed by atoms with Gasteiger partial charge in [0.2, 0.25) is 5.95 Å². The maximum Gasteiger partial charge on any atom is 0.387 e. The summed E-state index contributed by atoms with van der Waals surface area (Å²) in [5, 5.41) is 13.2. The van der Waals surface area contributed by atoms with E-state index in [0.717, 1.165) is 53.7 Å². The van der Waals surface area contributed by atoms with Crippen molar-refractivity contribution in [3.8, 4) is 16.9 Å². The molecule has 0 amide bonds. The average Bonchev–Trinajstić information content (AvgIpc) is 3.45. The van der Waals surface area contributed by atoms with Crippen molar-refractivity contribution in [3.05, 3.63) is 66.2 Å². The molecule has 5 rings (SSSR count). The normalized spacial score (nSPS) is 15.1. The van der Waals surface area contributed by atoms with Crippen LogP contribution in [0.4, 0.5) is 14.7 Å². The summed E-state index contributed by atoms with van der Waals surface area (Å²) < 4.78 is 32.4. The number of aliphatic hydroxyl groups is 1. The van der Waals surface area contributed by atoms with Gasteiger partial charge in [0.05, 0.1) is 29.7 Å². The van der Waals surface area contributed by atoms with Crippen LogP contribution >= 0.6 is 0 Å². The lowest BCUT2D eigenvalue weighted by atomic mass is 9.99. The van der Waals surface area contributed by atoms with Crippen molar-refractivity contribution >= 4 is 17.0 Å². The largest absolute Gasteiger partial charge is 0.434 e. The smallest absolute Gasteiger partial charge is 0.387 e.